The molecule has 1 heterocycles. The van der Waals surface area contributed by atoms with Crippen molar-refractivity contribution in [2.75, 3.05) is 11.9 Å². The highest BCUT2D eigenvalue weighted by molar-refractivity contribution is 5.96. The predicted molar refractivity (Wildman–Crippen MR) is 90.4 cm³/mol. The lowest BCUT2D eigenvalue weighted by molar-refractivity contribution is -0.122. The second kappa shape index (κ2) is 7.02. The zero-order valence-corrected chi connectivity index (χ0v) is 14.4. The number of carbonyl (C=O) groups excluding carboxylic acids is 2. The summed E-state index contributed by atoms with van der Waals surface area (Å²) in [6, 6.07) is 7.16. The Balaban J connectivity index is 2.06. The standard InChI is InChI=1S/C18H26N2O3/c1-13-8-10-14(11-9-13)19-16(21)15-7-5-6-12-20(15)17(22)23-18(2,3)4/h8-11,15H,5-7,12H2,1-4H3,(H,19,21). The number of carbonyl (C=O) groups is 2. The van der Waals surface area contributed by atoms with Gasteiger partial charge in [-0.2, -0.15) is 0 Å². The first-order valence-corrected chi connectivity index (χ1v) is 8.13. The van der Waals surface area contributed by atoms with Crippen LogP contribution in [0.1, 0.15) is 45.6 Å². The SMILES string of the molecule is Cc1ccc(NC(=O)C2CCCCN2C(=O)OC(C)(C)C)cc1. The lowest BCUT2D eigenvalue weighted by Crippen LogP contribution is -2.51. The Morgan fingerprint density at radius 2 is 1.83 bits per heavy atom. The van der Waals surface area contributed by atoms with E-state index in [9.17, 15) is 9.59 Å². The van der Waals surface area contributed by atoms with Crippen LogP contribution >= 0.6 is 0 Å². The minimum absolute atomic E-state index is 0.153. The summed E-state index contributed by atoms with van der Waals surface area (Å²) in [5, 5.41) is 2.90. The summed E-state index contributed by atoms with van der Waals surface area (Å²) < 4.78 is 5.43. The van der Waals surface area contributed by atoms with Crippen LogP contribution in [0.2, 0.25) is 0 Å². The number of rotatable bonds is 2. The molecule has 1 N–H and O–H groups in total. The Morgan fingerprint density at radius 3 is 2.43 bits per heavy atom. The normalized spacial score (nSPS) is 18.4. The van der Waals surface area contributed by atoms with Gasteiger partial charge in [-0.05, 0) is 59.1 Å². The number of amides is 2. The summed E-state index contributed by atoms with van der Waals surface area (Å²) >= 11 is 0. The number of anilines is 1. The van der Waals surface area contributed by atoms with Crippen molar-refractivity contribution in [1.82, 2.24) is 4.90 Å². The monoisotopic (exact) mass is 318 g/mol. The van der Waals surface area contributed by atoms with Crippen LogP contribution < -0.4 is 5.32 Å². The van der Waals surface area contributed by atoms with Crippen LogP contribution in [-0.2, 0) is 9.53 Å². The molecule has 5 heteroatoms. The lowest BCUT2D eigenvalue weighted by Gasteiger charge is -2.35. The van der Waals surface area contributed by atoms with Crippen molar-refractivity contribution >= 4 is 17.7 Å². The summed E-state index contributed by atoms with van der Waals surface area (Å²) in [7, 11) is 0. The minimum Gasteiger partial charge on any atom is -0.444 e. The number of nitrogens with zero attached hydrogens (tertiary/aromatic N) is 1. The summed E-state index contributed by atoms with van der Waals surface area (Å²) in [5.74, 6) is -0.153. The maximum atomic E-state index is 12.6. The van der Waals surface area contributed by atoms with Gasteiger partial charge in [0.05, 0.1) is 0 Å². The Bertz CT molecular complexity index is 561. The molecule has 1 aliphatic heterocycles. The van der Waals surface area contributed by atoms with Gasteiger partial charge in [0.15, 0.2) is 0 Å². The summed E-state index contributed by atoms with van der Waals surface area (Å²) in [6.07, 6.45) is 2.08. The van der Waals surface area contributed by atoms with Gasteiger partial charge in [0.1, 0.15) is 11.6 Å². The van der Waals surface area contributed by atoms with Gasteiger partial charge in [-0.3, -0.25) is 9.69 Å². The van der Waals surface area contributed by atoms with Crippen molar-refractivity contribution in [3.8, 4) is 0 Å². The third kappa shape index (κ3) is 4.98. The molecule has 1 aromatic carbocycles. The molecule has 0 radical (unpaired) electrons. The second-order valence-corrected chi connectivity index (χ2v) is 7.04. The van der Waals surface area contributed by atoms with Gasteiger partial charge >= 0.3 is 6.09 Å². The van der Waals surface area contributed by atoms with Crippen molar-refractivity contribution in [3.63, 3.8) is 0 Å². The van der Waals surface area contributed by atoms with E-state index in [-0.39, 0.29) is 5.91 Å². The summed E-state index contributed by atoms with van der Waals surface area (Å²) in [6.45, 7) is 8.04. The molecule has 1 atom stereocenters. The zero-order valence-electron chi connectivity index (χ0n) is 14.4. The number of ether oxygens (including phenoxy) is 1. The first-order chi connectivity index (χ1) is 10.8. The van der Waals surface area contributed by atoms with Gasteiger partial charge in [-0.15, -0.1) is 0 Å². The maximum Gasteiger partial charge on any atom is 0.410 e. The van der Waals surface area contributed by atoms with Crippen molar-refractivity contribution in [3.05, 3.63) is 29.8 Å². The fourth-order valence-electron chi connectivity index (χ4n) is 2.61. The van der Waals surface area contributed by atoms with E-state index in [1.165, 1.54) is 0 Å². The molecular formula is C18H26N2O3. The molecule has 1 unspecified atom stereocenters. The van der Waals surface area contributed by atoms with Crippen molar-refractivity contribution in [2.45, 2.75) is 58.6 Å². The number of hydrogen-bond acceptors (Lipinski definition) is 3. The molecule has 0 bridgehead atoms. The van der Waals surface area contributed by atoms with Gasteiger partial charge < -0.3 is 10.1 Å². The van der Waals surface area contributed by atoms with Crippen LogP contribution in [-0.4, -0.2) is 35.1 Å². The Labute approximate surface area is 138 Å². The molecule has 0 saturated carbocycles. The van der Waals surface area contributed by atoms with Gasteiger partial charge in [-0.1, -0.05) is 17.7 Å². The number of hydrogen-bond donors (Lipinski definition) is 1. The number of piperidine rings is 1. The fraction of sp³-hybridized carbons (Fsp3) is 0.556. The van der Waals surface area contributed by atoms with E-state index in [1.54, 1.807) is 4.90 Å². The third-order valence-corrected chi connectivity index (χ3v) is 3.75. The van der Waals surface area contributed by atoms with Crippen LogP contribution in [0.4, 0.5) is 10.5 Å². The molecule has 2 amide bonds. The Morgan fingerprint density at radius 1 is 1.17 bits per heavy atom. The maximum absolute atomic E-state index is 12.6. The van der Waals surface area contributed by atoms with Crippen molar-refractivity contribution in [2.24, 2.45) is 0 Å². The van der Waals surface area contributed by atoms with Crippen LogP contribution in [0.3, 0.4) is 0 Å². The van der Waals surface area contributed by atoms with Gasteiger partial charge in [0.25, 0.3) is 0 Å². The molecule has 126 valence electrons. The first kappa shape index (κ1) is 17.3. The van der Waals surface area contributed by atoms with E-state index in [0.717, 1.165) is 24.1 Å². The average molecular weight is 318 g/mol. The molecule has 1 saturated heterocycles. The molecule has 1 aromatic rings. The molecule has 1 aliphatic rings. The second-order valence-electron chi connectivity index (χ2n) is 7.04. The molecule has 2 rings (SSSR count). The first-order valence-electron chi connectivity index (χ1n) is 8.13. The van der Waals surface area contributed by atoms with E-state index in [4.69, 9.17) is 4.74 Å². The highest BCUT2D eigenvalue weighted by atomic mass is 16.6. The third-order valence-electron chi connectivity index (χ3n) is 3.75. The summed E-state index contributed by atoms with van der Waals surface area (Å²) in [4.78, 5) is 26.5. The predicted octanol–water partition coefficient (Wildman–Crippen LogP) is 3.72. The number of benzene rings is 1. The highest BCUT2D eigenvalue weighted by Gasteiger charge is 2.34. The quantitative estimate of drug-likeness (QED) is 0.904. The van der Waals surface area contributed by atoms with Crippen LogP contribution in [0.25, 0.3) is 0 Å². The number of likely N-dealkylation sites (tertiary alicyclic amines) is 1. The van der Waals surface area contributed by atoms with Gasteiger partial charge in [-0.25, -0.2) is 4.79 Å². The van der Waals surface area contributed by atoms with E-state index in [2.05, 4.69) is 5.32 Å². The number of aryl methyl sites for hydroxylation is 1. The van der Waals surface area contributed by atoms with Crippen LogP contribution in [0.5, 0.6) is 0 Å². The largest absolute Gasteiger partial charge is 0.444 e. The van der Waals surface area contributed by atoms with Crippen LogP contribution in [0, 0.1) is 6.92 Å². The van der Waals surface area contributed by atoms with Gasteiger partial charge in [0, 0.05) is 12.2 Å². The lowest BCUT2D eigenvalue weighted by atomic mass is 10.0. The minimum atomic E-state index is -0.563. The Kier molecular flexibility index (Phi) is 5.29. The van der Waals surface area contributed by atoms with E-state index < -0.39 is 17.7 Å². The molecule has 0 aromatic heterocycles. The molecule has 0 aliphatic carbocycles. The molecule has 23 heavy (non-hydrogen) atoms. The Hall–Kier alpha value is -2.04. The van der Waals surface area contributed by atoms with E-state index in [1.807, 2.05) is 52.0 Å². The van der Waals surface area contributed by atoms with E-state index >= 15 is 0 Å². The molecule has 1 fully saturated rings. The van der Waals surface area contributed by atoms with Crippen molar-refractivity contribution in [1.29, 1.82) is 0 Å². The average Bonchev–Trinajstić information content (AvgIpc) is 2.48. The van der Waals surface area contributed by atoms with Gasteiger partial charge in [0.2, 0.25) is 5.91 Å². The number of nitrogens with one attached hydrogen (secondary N) is 1. The summed E-state index contributed by atoms with van der Waals surface area (Å²) in [5.41, 5.74) is 1.32. The molecular weight excluding hydrogens is 292 g/mol. The molecule has 0 spiro atoms. The van der Waals surface area contributed by atoms with E-state index in [0.29, 0.717) is 13.0 Å². The fourth-order valence-corrected chi connectivity index (χ4v) is 2.61. The smallest absolute Gasteiger partial charge is 0.410 e. The molecule has 5 nitrogen and oxygen atoms in total. The highest BCUT2D eigenvalue weighted by Crippen LogP contribution is 2.22. The van der Waals surface area contributed by atoms with Crippen LogP contribution in [0.15, 0.2) is 24.3 Å². The zero-order chi connectivity index (χ0) is 17.0. The van der Waals surface area contributed by atoms with Crippen molar-refractivity contribution < 1.29 is 14.3 Å². The topological polar surface area (TPSA) is 58.6 Å².